The Balaban J connectivity index is 2.32. The van der Waals surface area contributed by atoms with E-state index >= 15 is 0 Å². The molecule has 0 aliphatic rings. The lowest BCUT2D eigenvalue weighted by molar-refractivity contribution is -0.114. The van der Waals surface area contributed by atoms with Gasteiger partial charge in [-0.2, -0.15) is 9.37 Å². The second-order valence-electron chi connectivity index (χ2n) is 3.77. The topological polar surface area (TPSA) is 102 Å². The summed E-state index contributed by atoms with van der Waals surface area (Å²) in [5.74, 6) is 4.09. The van der Waals surface area contributed by atoms with Crippen LogP contribution in [-0.2, 0) is 4.79 Å². The van der Waals surface area contributed by atoms with Crippen molar-refractivity contribution in [3.05, 3.63) is 36.3 Å². The Morgan fingerprint density at radius 1 is 1.40 bits per heavy atom. The molecule has 0 aliphatic heterocycles. The second kappa shape index (κ2) is 5.93. The van der Waals surface area contributed by atoms with Crippen LogP contribution in [0.5, 0.6) is 11.6 Å². The van der Waals surface area contributed by atoms with E-state index in [2.05, 4.69) is 20.7 Å². The van der Waals surface area contributed by atoms with Crippen LogP contribution >= 0.6 is 0 Å². The third kappa shape index (κ3) is 3.18. The molecule has 8 heteroatoms. The first-order valence-corrected chi connectivity index (χ1v) is 5.64. The van der Waals surface area contributed by atoms with Crippen molar-refractivity contribution >= 4 is 17.5 Å². The summed E-state index contributed by atoms with van der Waals surface area (Å²) in [7, 11) is 0. The van der Waals surface area contributed by atoms with E-state index in [9.17, 15) is 9.18 Å². The lowest BCUT2D eigenvalue weighted by Gasteiger charge is -2.11. The number of hydrogen-bond donors (Lipinski definition) is 3. The average Bonchev–Trinajstić information content (AvgIpc) is 2.43. The first kappa shape index (κ1) is 13.7. The number of carbonyl (C=O) groups is 1. The number of hydrazine groups is 1. The molecule has 1 aromatic heterocycles. The predicted octanol–water partition coefficient (Wildman–Crippen LogP) is 1.65. The van der Waals surface area contributed by atoms with Gasteiger partial charge >= 0.3 is 0 Å². The monoisotopic (exact) mass is 277 g/mol. The molecule has 0 radical (unpaired) electrons. The molecule has 0 unspecified atom stereocenters. The number of nitrogens with two attached hydrogens (primary N) is 1. The highest BCUT2D eigenvalue weighted by Crippen LogP contribution is 2.29. The Bertz CT molecular complexity index is 635. The smallest absolute Gasteiger partial charge is 0.260 e. The lowest BCUT2D eigenvalue weighted by Crippen LogP contribution is -2.11. The van der Waals surface area contributed by atoms with Gasteiger partial charge in [-0.15, -0.1) is 0 Å². The van der Waals surface area contributed by atoms with Crippen molar-refractivity contribution in [3.63, 3.8) is 0 Å². The van der Waals surface area contributed by atoms with Gasteiger partial charge in [0.2, 0.25) is 17.7 Å². The lowest BCUT2D eigenvalue weighted by atomic mass is 10.3. The number of rotatable bonds is 4. The molecular formula is C12H12FN5O2. The standard InChI is InChI=1S/C12H12FN5O2/c1-7(19)16-9-4-2-3-5-10(9)20-11-8(13)6-15-12(17-11)18-14/h2-6H,14H2,1H3,(H,16,19)(H,15,17,18). The number of hydrogen-bond acceptors (Lipinski definition) is 6. The fourth-order valence-corrected chi connectivity index (χ4v) is 1.45. The Morgan fingerprint density at radius 3 is 2.85 bits per heavy atom. The Hall–Kier alpha value is -2.74. The number of nitrogens with zero attached hydrogens (tertiary/aromatic N) is 2. The van der Waals surface area contributed by atoms with Crippen molar-refractivity contribution in [3.8, 4) is 11.6 Å². The highest BCUT2D eigenvalue weighted by molar-refractivity contribution is 5.90. The van der Waals surface area contributed by atoms with Crippen molar-refractivity contribution < 1.29 is 13.9 Å². The maximum absolute atomic E-state index is 13.6. The summed E-state index contributed by atoms with van der Waals surface area (Å²) in [4.78, 5) is 18.4. The number of benzene rings is 1. The van der Waals surface area contributed by atoms with Crippen LogP contribution in [0.1, 0.15) is 6.92 Å². The Kier molecular flexibility index (Phi) is 4.06. The van der Waals surface area contributed by atoms with Crippen LogP contribution in [0.25, 0.3) is 0 Å². The molecule has 7 nitrogen and oxygen atoms in total. The van der Waals surface area contributed by atoms with Gasteiger partial charge in [-0.1, -0.05) is 12.1 Å². The molecule has 20 heavy (non-hydrogen) atoms. The van der Waals surface area contributed by atoms with E-state index in [-0.39, 0.29) is 23.5 Å². The van der Waals surface area contributed by atoms with Crippen LogP contribution in [0, 0.1) is 5.82 Å². The maximum atomic E-state index is 13.6. The third-order valence-corrected chi connectivity index (χ3v) is 2.25. The molecule has 1 amide bonds. The van der Waals surface area contributed by atoms with Gasteiger partial charge < -0.3 is 10.1 Å². The number of carbonyl (C=O) groups excluding carboxylic acids is 1. The van der Waals surface area contributed by atoms with Gasteiger partial charge in [0.25, 0.3) is 5.88 Å². The Morgan fingerprint density at radius 2 is 2.15 bits per heavy atom. The molecule has 0 aliphatic carbocycles. The molecule has 104 valence electrons. The summed E-state index contributed by atoms with van der Waals surface area (Å²) in [6, 6.07) is 6.59. The molecule has 0 fully saturated rings. The molecule has 0 saturated carbocycles. The van der Waals surface area contributed by atoms with Crippen LogP contribution < -0.4 is 21.3 Å². The van der Waals surface area contributed by atoms with Gasteiger partial charge in [0.1, 0.15) is 0 Å². The second-order valence-corrected chi connectivity index (χ2v) is 3.77. The van der Waals surface area contributed by atoms with Crippen molar-refractivity contribution in [1.29, 1.82) is 0 Å². The van der Waals surface area contributed by atoms with E-state index in [1.165, 1.54) is 6.92 Å². The maximum Gasteiger partial charge on any atom is 0.260 e. The Labute approximate surface area is 114 Å². The minimum atomic E-state index is -0.748. The van der Waals surface area contributed by atoms with Crippen LogP contribution in [0.3, 0.4) is 0 Å². The van der Waals surface area contributed by atoms with Gasteiger partial charge in [-0.3, -0.25) is 10.2 Å². The van der Waals surface area contributed by atoms with Crippen molar-refractivity contribution in [2.24, 2.45) is 5.84 Å². The van der Waals surface area contributed by atoms with Crippen molar-refractivity contribution in [2.45, 2.75) is 6.92 Å². The highest BCUT2D eigenvalue weighted by Gasteiger charge is 2.12. The molecule has 2 rings (SSSR count). The summed E-state index contributed by atoms with van der Waals surface area (Å²) in [5, 5.41) is 2.57. The largest absolute Gasteiger partial charge is 0.434 e. The molecule has 0 atom stereocenters. The third-order valence-electron chi connectivity index (χ3n) is 2.25. The zero-order valence-corrected chi connectivity index (χ0v) is 10.6. The number of amides is 1. The SMILES string of the molecule is CC(=O)Nc1ccccc1Oc1nc(NN)ncc1F. The number of para-hydroxylation sites is 2. The van der Waals surface area contributed by atoms with E-state index in [4.69, 9.17) is 10.6 Å². The minimum absolute atomic E-state index is 0.0124. The summed E-state index contributed by atoms with van der Waals surface area (Å²) in [6.07, 6.45) is 0.929. The molecule has 1 heterocycles. The molecule has 1 aromatic carbocycles. The van der Waals surface area contributed by atoms with E-state index in [1.807, 2.05) is 0 Å². The molecule has 4 N–H and O–H groups in total. The number of halogens is 1. The normalized spacial score (nSPS) is 9.95. The quantitative estimate of drug-likeness (QED) is 0.580. The highest BCUT2D eigenvalue weighted by atomic mass is 19.1. The van der Waals surface area contributed by atoms with Gasteiger partial charge in [0.15, 0.2) is 5.75 Å². The van der Waals surface area contributed by atoms with E-state index < -0.39 is 5.82 Å². The molecule has 0 bridgehead atoms. The fourth-order valence-electron chi connectivity index (χ4n) is 1.45. The molecule has 0 saturated heterocycles. The number of ether oxygens (including phenoxy) is 1. The minimum Gasteiger partial charge on any atom is -0.434 e. The zero-order chi connectivity index (χ0) is 14.5. The summed E-state index contributed by atoms with van der Waals surface area (Å²) >= 11 is 0. The van der Waals surface area contributed by atoms with Crippen molar-refractivity contribution in [2.75, 3.05) is 10.7 Å². The molecule has 0 spiro atoms. The van der Waals surface area contributed by atoms with Crippen LogP contribution in [0.2, 0.25) is 0 Å². The van der Waals surface area contributed by atoms with Gasteiger partial charge in [-0.05, 0) is 12.1 Å². The summed E-state index contributed by atoms with van der Waals surface area (Å²) in [6.45, 7) is 1.36. The van der Waals surface area contributed by atoms with Crippen LogP contribution in [0.15, 0.2) is 30.5 Å². The van der Waals surface area contributed by atoms with E-state index in [0.717, 1.165) is 6.20 Å². The number of nitrogen functional groups attached to an aromatic ring is 1. The van der Waals surface area contributed by atoms with Gasteiger partial charge in [-0.25, -0.2) is 10.8 Å². The molecule has 2 aromatic rings. The predicted molar refractivity (Wildman–Crippen MR) is 70.6 cm³/mol. The molecular weight excluding hydrogens is 265 g/mol. The first-order chi connectivity index (χ1) is 9.60. The zero-order valence-electron chi connectivity index (χ0n) is 10.6. The van der Waals surface area contributed by atoms with Gasteiger partial charge in [0.05, 0.1) is 11.9 Å². The van der Waals surface area contributed by atoms with Crippen molar-refractivity contribution in [1.82, 2.24) is 9.97 Å². The van der Waals surface area contributed by atoms with E-state index in [0.29, 0.717) is 5.69 Å². The number of aromatic nitrogens is 2. The van der Waals surface area contributed by atoms with E-state index in [1.54, 1.807) is 24.3 Å². The van der Waals surface area contributed by atoms with Crippen LogP contribution in [-0.4, -0.2) is 15.9 Å². The fraction of sp³-hybridized carbons (Fsp3) is 0.0833. The summed E-state index contributed by atoms with van der Waals surface area (Å²) in [5.41, 5.74) is 2.59. The van der Waals surface area contributed by atoms with Crippen LogP contribution in [0.4, 0.5) is 16.0 Å². The first-order valence-electron chi connectivity index (χ1n) is 5.64. The average molecular weight is 277 g/mol. The number of anilines is 2. The van der Waals surface area contributed by atoms with Gasteiger partial charge in [0, 0.05) is 6.92 Å². The summed E-state index contributed by atoms with van der Waals surface area (Å²) < 4.78 is 18.9. The number of nitrogens with one attached hydrogen (secondary N) is 2.